The van der Waals surface area contributed by atoms with Crippen LogP contribution in [-0.4, -0.2) is 73.0 Å². The number of hydrogen-bond donors (Lipinski definition) is 0. The van der Waals surface area contributed by atoms with Crippen LogP contribution in [0.4, 0.5) is 5.69 Å². The Kier molecular flexibility index (Phi) is 5.00. The van der Waals surface area contributed by atoms with Crippen molar-refractivity contribution in [3.8, 4) is 5.88 Å². The number of rotatable bonds is 4. The monoisotopic (exact) mass is 430 g/mol. The Morgan fingerprint density at radius 3 is 2.53 bits per heavy atom. The Bertz CT molecular complexity index is 1060. The van der Waals surface area contributed by atoms with Crippen LogP contribution >= 0.6 is 0 Å². The van der Waals surface area contributed by atoms with Gasteiger partial charge in [0, 0.05) is 31.9 Å². The molecule has 0 spiro atoms. The number of amides is 1. The van der Waals surface area contributed by atoms with Crippen molar-refractivity contribution >= 4 is 32.3 Å². The summed E-state index contributed by atoms with van der Waals surface area (Å²) in [6.07, 6.45) is 5.60. The van der Waals surface area contributed by atoms with E-state index in [2.05, 4.69) is 20.9 Å². The van der Waals surface area contributed by atoms with Crippen LogP contribution in [-0.2, 0) is 14.6 Å². The molecule has 2 saturated heterocycles. The fourth-order valence-electron chi connectivity index (χ4n) is 4.39. The summed E-state index contributed by atoms with van der Waals surface area (Å²) in [6.45, 7) is 2.63. The quantitative estimate of drug-likeness (QED) is 0.728. The zero-order valence-electron chi connectivity index (χ0n) is 16.9. The lowest BCUT2D eigenvalue weighted by Crippen LogP contribution is -2.50. The molecule has 1 aromatic heterocycles. The second kappa shape index (κ2) is 7.68. The minimum Gasteiger partial charge on any atom is -0.474 e. The first-order valence-electron chi connectivity index (χ1n) is 10.6. The molecule has 9 heteroatoms. The van der Waals surface area contributed by atoms with Gasteiger partial charge >= 0.3 is 0 Å². The lowest BCUT2D eigenvalue weighted by atomic mass is 9.96. The van der Waals surface area contributed by atoms with Crippen LogP contribution in [0.2, 0.25) is 0 Å². The number of carbonyl (C=O) groups is 1. The summed E-state index contributed by atoms with van der Waals surface area (Å²) < 4.78 is 29.4. The van der Waals surface area contributed by atoms with Gasteiger partial charge in [0.25, 0.3) is 0 Å². The molecule has 1 unspecified atom stereocenters. The van der Waals surface area contributed by atoms with Crippen molar-refractivity contribution in [3.05, 3.63) is 24.5 Å². The van der Waals surface area contributed by atoms with Crippen molar-refractivity contribution in [2.75, 3.05) is 42.6 Å². The number of benzene rings is 1. The molecule has 2 aliphatic heterocycles. The maximum atomic E-state index is 12.7. The highest BCUT2D eigenvalue weighted by Gasteiger charge is 2.36. The Labute approximate surface area is 176 Å². The van der Waals surface area contributed by atoms with Crippen LogP contribution in [0.25, 0.3) is 10.9 Å². The third-order valence-electron chi connectivity index (χ3n) is 6.45. The summed E-state index contributed by atoms with van der Waals surface area (Å²) in [7, 11) is -3.05. The average Bonchev–Trinajstić information content (AvgIpc) is 3.09. The topological polar surface area (TPSA) is 92.7 Å². The van der Waals surface area contributed by atoms with E-state index in [0.717, 1.165) is 29.4 Å². The van der Waals surface area contributed by atoms with Crippen molar-refractivity contribution in [2.45, 2.75) is 31.8 Å². The summed E-state index contributed by atoms with van der Waals surface area (Å²) in [5.74, 6) is 0.390. The smallest absolute Gasteiger partial charge is 0.226 e. The van der Waals surface area contributed by atoms with Gasteiger partial charge in [-0.25, -0.2) is 18.4 Å². The van der Waals surface area contributed by atoms with Crippen LogP contribution in [0.3, 0.4) is 0 Å². The number of sulfone groups is 1. The van der Waals surface area contributed by atoms with Gasteiger partial charge < -0.3 is 14.5 Å². The lowest BCUT2D eigenvalue weighted by Gasteiger charge is -2.37. The Balaban J connectivity index is 1.27. The third-order valence-corrected chi connectivity index (χ3v) is 8.22. The molecule has 0 bridgehead atoms. The van der Waals surface area contributed by atoms with Crippen LogP contribution in [0.5, 0.6) is 5.88 Å². The number of fused-ring (bicyclic) bond motifs is 1. The third kappa shape index (κ3) is 3.82. The highest BCUT2D eigenvalue weighted by molar-refractivity contribution is 7.91. The molecule has 30 heavy (non-hydrogen) atoms. The highest BCUT2D eigenvalue weighted by Crippen LogP contribution is 2.31. The Morgan fingerprint density at radius 2 is 1.87 bits per heavy atom. The van der Waals surface area contributed by atoms with Gasteiger partial charge in [0.05, 0.1) is 28.3 Å². The minimum atomic E-state index is -3.05. The predicted molar refractivity (Wildman–Crippen MR) is 113 cm³/mol. The first kappa shape index (κ1) is 19.5. The lowest BCUT2D eigenvalue weighted by molar-refractivity contribution is -0.135. The summed E-state index contributed by atoms with van der Waals surface area (Å²) >= 11 is 0. The summed E-state index contributed by atoms with van der Waals surface area (Å²) in [4.78, 5) is 25.5. The van der Waals surface area contributed by atoms with Gasteiger partial charge in [0.1, 0.15) is 12.4 Å². The Hall–Kier alpha value is -2.42. The molecule has 8 nitrogen and oxygen atoms in total. The molecule has 3 fully saturated rings. The molecular formula is C21H26N4O4S. The van der Waals surface area contributed by atoms with Crippen LogP contribution in [0.1, 0.15) is 25.7 Å². The number of aromatic nitrogens is 2. The van der Waals surface area contributed by atoms with Crippen molar-refractivity contribution < 1.29 is 17.9 Å². The first-order chi connectivity index (χ1) is 14.5. The van der Waals surface area contributed by atoms with E-state index in [9.17, 15) is 13.2 Å². The molecule has 1 aromatic carbocycles. The van der Waals surface area contributed by atoms with E-state index >= 15 is 0 Å². The Morgan fingerprint density at radius 1 is 1.07 bits per heavy atom. The molecule has 160 valence electrons. The number of piperazine rings is 1. The van der Waals surface area contributed by atoms with E-state index in [4.69, 9.17) is 4.74 Å². The van der Waals surface area contributed by atoms with Gasteiger partial charge in [-0.1, -0.05) is 0 Å². The van der Waals surface area contributed by atoms with Crippen molar-refractivity contribution in [2.24, 2.45) is 5.92 Å². The molecule has 1 aliphatic carbocycles. The van der Waals surface area contributed by atoms with Gasteiger partial charge in [-0.15, -0.1) is 0 Å². The maximum Gasteiger partial charge on any atom is 0.226 e. The molecule has 1 amide bonds. The average molecular weight is 431 g/mol. The normalized spacial score (nSPS) is 24.1. The standard InChI is InChI=1S/C21H26N4O4S/c26-21(15-6-11-30(27,28)13-15)25-9-7-24(8-10-25)16-4-5-19-18(12-16)20(23-14-22-19)29-17-2-1-3-17/h4-5,12,14-15,17H,1-3,6-11,13H2. The van der Waals surface area contributed by atoms with Gasteiger partial charge in [-0.2, -0.15) is 0 Å². The van der Waals surface area contributed by atoms with Crippen LogP contribution in [0, 0.1) is 5.92 Å². The summed E-state index contributed by atoms with van der Waals surface area (Å²) in [6, 6.07) is 6.11. The molecule has 5 rings (SSSR count). The summed E-state index contributed by atoms with van der Waals surface area (Å²) in [5, 5.41) is 0.913. The van der Waals surface area contributed by atoms with Gasteiger partial charge in [-0.3, -0.25) is 4.79 Å². The molecule has 1 saturated carbocycles. The fraction of sp³-hybridized carbons (Fsp3) is 0.571. The second-order valence-electron chi connectivity index (χ2n) is 8.46. The van der Waals surface area contributed by atoms with Gasteiger partial charge in [-0.05, 0) is 43.9 Å². The van der Waals surface area contributed by atoms with E-state index < -0.39 is 9.84 Å². The van der Waals surface area contributed by atoms with Gasteiger partial charge in [0.15, 0.2) is 9.84 Å². The number of hydrogen-bond acceptors (Lipinski definition) is 7. The van der Waals surface area contributed by atoms with E-state index in [0.29, 0.717) is 38.5 Å². The molecular weight excluding hydrogens is 404 g/mol. The first-order valence-corrected chi connectivity index (χ1v) is 12.5. The van der Waals surface area contributed by atoms with E-state index in [1.165, 1.54) is 6.42 Å². The maximum absolute atomic E-state index is 12.7. The number of ether oxygens (including phenoxy) is 1. The van der Waals surface area contributed by atoms with Crippen molar-refractivity contribution in [1.29, 1.82) is 0 Å². The van der Waals surface area contributed by atoms with E-state index in [1.807, 2.05) is 17.0 Å². The zero-order chi connectivity index (χ0) is 20.7. The fourth-order valence-corrected chi connectivity index (χ4v) is 6.12. The minimum absolute atomic E-state index is 0.000489. The number of carbonyl (C=O) groups excluding carboxylic acids is 1. The van der Waals surface area contributed by atoms with E-state index in [-0.39, 0.29) is 29.4 Å². The highest BCUT2D eigenvalue weighted by atomic mass is 32.2. The zero-order valence-corrected chi connectivity index (χ0v) is 17.7. The molecule has 0 N–H and O–H groups in total. The van der Waals surface area contributed by atoms with Crippen LogP contribution in [0.15, 0.2) is 24.5 Å². The van der Waals surface area contributed by atoms with Crippen molar-refractivity contribution in [1.82, 2.24) is 14.9 Å². The molecule has 1 atom stereocenters. The second-order valence-corrected chi connectivity index (χ2v) is 10.7. The largest absolute Gasteiger partial charge is 0.474 e. The predicted octanol–water partition coefficient (Wildman–Crippen LogP) is 1.64. The molecule has 2 aromatic rings. The van der Waals surface area contributed by atoms with Gasteiger partial charge in [0.2, 0.25) is 11.8 Å². The van der Waals surface area contributed by atoms with Crippen molar-refractivity contribution in [3.63, 3.8) is 0 Å². The van der Waals surface area contributed by atoms with E-state index in [1.54, 1.807) is 6.33 Å². The van der Waals surface area contributed by atoms with Crippen LogP contribution < -0.4 is 9.64 Å². The molecule has 0 radical (unpaired) electrons. The molecule has 3 heterocycles. The SMILES string of the molecule is O=C(C1CCS(=O)(=O)C1)N1CCN(c2ccc3ncnc(OC4CCC4)c3c2)CC1. The molecule has 3 aliphatic rings. The summed E-state index contributed by atoms with van der Waals surface area (Å²) in [5.41, 5.74) is 1.92. The number of anilines is 1. The number of nitrogens with zero attached hydrogens (tertiary/aromatic N) is 4.